The summed E-state index contributed by atoms with van der Waals surface area (Å²) < 4.78 is 4.98. The van der Waals surface area contributed by atoms with Gasteiger partial charge in [0, 0.05) is 18.7 Å². The Morgan fingerprint density at radius 2 is 2.25 bits per heavy atom. The van der Waals surface area contributed by atoms with Gasteiger partial charge in [-0.15, -0.1) is 0 Å². The molecular weight excluding hydrogens is 264 g/mol. The second kappa shape index (κ2) is 7.44. The number of ether oxygens (including phenoxy) is 1. The van der Waals surface area contributed by atoms with E-state index in [0.29, 0.717) is 12.8 Å². The molecular formula is C13H18N2O5. The standard InChI is InChI=1S/C13H18N2O5/c1-9(5-4-8-16)14-13(17)10-6-3-7-11(15(18)19)12(10)20-2/h3,6-7,9,16H,4-5,8H2,1-2H3,(H,14,17). The molecule has 1 aromatic carbocycles. The summed E-state index contributed by atoms with van der Waals surface area (Å²) in [5, 5.41) is 22.3. The fourth-order valence-electron chi connectivity index (χ4n) is 1.83. The maximum absolute atomic E-state index is 12.1. The zero-order valence-electron chi connectivity index (χ0n) is 11.5. The van der Waals surface area contributed by atoms with Crippen LogP contribution in [0, 0.1) is 10.1 Å². The van der Waals surface area contributed by atoms with Gasteiger partial charge in [0.05, 0.1) is 17.6 Å². The van der Waals surface area contributed by atoms with Crippen LogP contribution in [-0.4, -0.2) is 35.7 Å². The van der Waals surface area contributed by atoms with Crippen molar-refractivity contribution in [2.75, 3.05) is 13.7 Å². The van der Waals surface area contributed by atoms with Crippen molar-refractivity contribution in [3.8, 4) is 5.75 Å². The first-order chi connectivity index (χ1) is 9.51. The molecule has 0 fully saturated rings. The molecule has 2 N–H and O–H groups in total. The van der Waals surface area contributed by atoms with E-state index in [1.807, 2.05) is 0 Å². The van der Waals surface area contributed by atoms with E-state index in [0.717, 1.165) is 0 Å². The normalized spacial score (nSPS) is 11.8. The summed E-state index contributed by atoms with van der Waals surface area (Å²) in [4.78, 5) is 22.4. The number of rotatable bonds is 7. The van der Waals surface area contributed by atoms with Crippen LogP contribution < -0.4 is 10.1 Å². The lowest BCUT2D eigenvalue weighted by Gasteiger charge is -2.14. The number of hydrogen-bond donors (Lipinski definition) is 2. The number of nitrogens with one attached hydrogen (secondary N) is 1. The zero-order chi connectivity index (χ0) is 15.1. The largest absolute Gasteiger partial charge is 0.490 e. The Hall–Kier alpha value is -2.15. The summed E-state index contributed by atoms with van der Waals surface area (Å²) in [6.45, 7) is 1.86. The molecule has 1 atom stereocenters. The Bertz CT molecular complexity index is 490. The third kappa shape index (κ3) is 3.92. The lowest BCUT2D eigenvalue weighted by molar-refractivity contribution is -0.385. The quantitative estimate of drug-likeness (QED) is 0.582. The van der Waals surface area contributed by atoms with Crippen LogP contribution in [-0.2, 0) is 0 Å². The van der Waals surface area contributed by atoms with Crippen LogP contribution in [0.1, 0.15) is 30.1 Å². The molecule has 0 saturated heterocycles. The van der Waals surface area contributed by atoms with Gasteiger partial charge in [-0.1, -0.05) is 6.07 Å². The molecule has 0 aromatic heterocycles. The number of nitro benzene ring substituents is 1. The first-order valence-electron chi connectivity index (χ1n) is 6.24. The van der Waals surface area contributed by atoms with E-state index in [1.165, 1.54) is 25.3 Å². The third-order valence-electron chi connectivity index (χ3n) is 2.81. The highest BCUT2D eigenvalue weighted by molar-refractivity contribution is 5.98. The van der Waals surface area contributed by atoms with Gasteiger partial charge in [0.1, 0.15) is 0 Å². The minimum Gasteiger partial charge on any atom is -0.490 e. The number of amides is 1. The van der Waals surface area contributed by atoms with Gasteiger partial charge < -0.3 is 15.2 Å². The molecule has 7 nitrogen and oxygen atoms in total. The first kappa shape index (κ1) is 15.9. The molecule has 0 heterocycles. The van der Waals surface area contributed by atoms with E-state index in [4.69, 9.17) is 9.84 Å². The SMILES string of the molecule is COc1c(C(=O)NC(C)CCCO)cccc1[N+](=O)[O-]. The molecule has 0 spiro atoms. The smallest absolute Gasteiger partial charge is 0.311 e. The van der Waals surface area contributed by atoms with Crippen LogP contribution in [0.2, 0.25) is 0 Å². The van der Waals surface area contributed by atoms with Crippen molar-refractivity contribution >= 4 is 11.6 Å². The number of nitrogens with zero attached hydrogens (tertiary/aromatic N) is 1. The molecule has 0 radical (unpaired) electrons. The lowest BCUT2D eigenvalue weighted by Crippen LogP contribution is -2.33. The number of nitro groups is 1. The predicted molar refractivity (Wildman–Crippen MR) is 72.9 cm³/mol. The number of aliphatic hydroxyl groups excluding tert-OH is 1. The predicted octanol–water partition coefficient (Wildman–Crippen LogP) is 1.49. The molecule has 1 aromatic rings. The summed E-state index contributed by atoms with van der Waals surface area (Å²) >= 11 is 0. The van der Waals surface area contributed by atoms with Gasteiger partial charge in [-0.05, 0) is 25.8 Å². The summed E-state index contributed by atoms with van der Waals surface area (Å²) in [5.41, 5.74) is -0.124. The van der Waals surface area contributed by atoms with Gasteiger partial charge >= 0.3 is 5.69 Å². The second-order valence-electron chi connectivity index (χ2n) is 4.36. The van der Waals surface area contributed by atoms with Crippen molar-refractivity contribution in [2.24, 2.45) is 0 Å². The Kier molecular flexibility index (Phi) is 5.92. The molecule has 1 rings (SSSR count). The van der Waals surface area contributed by atoms with Crippen LogP contribution >= 0.6 is 0 Å². The highest BCUT2D eigenvalue weighted by atomic mass is 16.6. The number of carbonyl (C=O) groups excluding carboxylic acids is 1. The molecule has 0 saturated carbocycles. The van der Waals surface area contributed by atoms with E-state index < -0.39 is 10.8 Å². The maximum atomic E-state index is 12.1. The molecule has 0 aliphatic heterocycles. The van der Waals surface area contributed by atoms with Gasteiger partial charge in [-0.25, -0.2) is 0 Å². The van der Waals surface area contributed by atoms with Gasteiger partial charge in [0.2, 0.25) is 5.75 Å². The van der Waals surface area contributed by atoms with Crippen molar-refractivity contribution in [3.63, 3.8) is 0 Å². The fourth-order valence-corrected chi connectivity index (χ4v) is 1.83. The molecule has 7 heteroatoms. The van der Waals surface area contributed by atoms with Crippen LogP contribution in [0.5, 0.6) is 5.75 Å². The fraction of sp³-hybridized carbons (Fsp3) is 0.462. The highest BCUT2D eigenvalue weighted by Gasteiger charge is 2.23. The molecule has 1 amide bonds. The number of para-hydroxylation sites is 1. The summed E-state index contributed by atoms with van der Waals surface area (Å²) in [5.74, 6) is -0.486. The molecule has 20 heavy (non-hydrogen) atoms. The van der Waals surface area contributed by atoms with Crippen LogP contribution in [0.3, 0.4) is 0 Å². The maximum Gasteiger partial charge on any atom is 0.311 e. The number of aliphatic hydroxyl groups is 1. The number of hydrogen-bond acceptors (Lipinski definition) is 5. The number of methoxy groups -OCH3 is 1. The molecule has 0 bridgehead atoms. The molecule has 1 unspecified atom stereocenters. The van der Waals surface area contributed by atoms with Crippen molar-refractivity contribution in [1.29, 1.82) is 0 Å². The van der Waals surface area contributed by atoms with Crippen molar-refractivity contribution in [1.82, 2.24) is 5.32 Å². The number of carbonyl (C=O) groups is 1. The van der Waals surface area contributed by atoms with E-state index in [9.17, 15) is 14.9 Å². The second-order valence-corrected chi connectivity index (χ2v) is 4.36. The minimum atomic E-state index is -0.592. The van der Waals surface area contributed by atoms with Crippen LogP contribution in [0.4, 0.5) is 5.69 Å². The first-order valence-corrected chi connectivity index (χ1v) is 6.24. The van der Waals surface area contributed by atoms with Gasteiger partial charge in [0.25, 0.3) is 5.91 Å². The van der Waals surface area contributed by atoms with Gasteiger partial charge in [-0.2, -0.15) is 0 Å². The number of benzene rings is 1. The topological polar surface area (TPSA) is 102 Å². The monoisotopic (exact) mass is 282 g/mol. The minimum absolute atomic E-state index is 0.0515. The molecule has 0 aliphatic rings. The third-order valence-corrected chi connectivity index (χ3v) is 2.81. The Labute approximate surface area is 116 Å². The molecule has 110 valence electrons. The summed E-state index contributed by atoms with van der Waals surface area (Å²) in [6, 6.07) is 4.05. The van der Waals surface area contributed by atoms with Gasteiger partial charge in [0.15, 0.2) is 0 Å². The van der Waals surface area contributed by atoms with E-state index >= 15 is 0 Å². The zero-order valence-corrected chi connectivity index (χ0v) is 11.5. The molecule has 0 aliphatic carbocycles. The van der Waals surface area contributed by atoms with Crippen molar-refractivity contribution < 1.29 is 19.6 Å². The average molecular weight is 282 g/mol. The van der Waals surface area contributed by atoms with Gasteiger partial charge in [-0.3, -0.25) is 14.9 Å². The highest BCUT2D eigenvalue weighted by Crippen LogP contribution is 2.30. The van der Waals surface area contributed by atoms with Crippen molar-refractivity contribution in [2.45, 2.75) is 25.8 Å². The Morgan fingerprint density at radius 1 is 1.55 bits per heavy atom. The van der Waals surface area contributed by atoms with E-state index in [-0.39, 0.29) is 29.6 Å². The average Bonchev–Trinajstić information content (AvgIpc) is 2.43. The van der Waals surface area contributed by atoms with Crippen LogP contribution in [0.15, 0.2) is 18.2 Å². The lowest BCUT2D eigenvalue weighted by atomic mass is 10.1. The van der Waals surface area contributed by atoms with E-state index in [2.05, 4.69) is 5.32 Å². The Morgan fingerprint density at radius 3 is 2.80 bits per heavy atom. The summed E-state index contributed by atoms with van der Waals surface area (Å²) in [6.07, 6.45) is 1.20. The summed E-state index contributed by atoms with van der Waals surface area (Å²) in [7, 11) is 1.29. The Balaban J connectivity index is 2.93. The van der Waals surface area contributed by atoms with E-state index in [1.54, 1.807) is 6.92 Å². The van der Waals surface area contributed by atoms with Crippen LogP contribution in [0.25, 0.3) is 0 Å². The van der Waals surface area contributed by atoms with Crippen molar-refractivity contribution in [3.05, 3.63) is 33.9 Å².